The lowest BCUT2D eigenvalue weighted by molar-refractivity contribution is -0.120. The van der Waals surface area contributed by atoms with Gasteiger partial charge in [0.1, 0.15) is 0 Å². The van der Waals surface area contributed by atoms with E-state index in [-0.39, 0.29) is 11.5 Å². The molecule has 3 amide bonds. The molecule has 2 rings (SSSR count). The Hall–Kier alpha value is -2.35. The predicted molar refractivity (Wildman–Crippen MR) is 98.5 cm³/mol. The summed E-state index contributed by atoms with van der Waals surface area (Å²) in [7, 11) is 0. The second kappa shape index (κ2) is 8.15. The molecule has 0 aliphatic heterocycles. The Bertz CT molecular complexity index is 847. The highest BCUT2D eigenvalue weighted by Gasteiger charge is 2.27. The quantitative estimate of drug-likeness (QED) is 0.604. The summed E-state index contributed by atoms with van der Waals surface area (Å²) in [5.74, 6) is -0.569. The van der Waals surface area contributed by atoms with Crippen LogP contribution in [0.15, 0.2) is 34.2 Å². The van der Waals surface area contributed by atoms with Crippen LogP contribution in [0.4, 0.5) is 4.79 Å². The number of nitrogens with one attached hydrogen (secondary N) is 1. The highest BCUT2D eigenvalue weighted by molar-refractivity contribution is 8.00. The van der Waals surface area contributed by atoms with Crippen LogP contribution >= 0.6 is 11.8 Å². The maximum absolute atomic E-state index is 12.8. The third-order valence-electron chi connectivity index (χ3n) is 3.62. The van der Waals surface area contributed by atoms with Crippen molar-refractivity contribution in [3.8, 4) is 0 Å². The summed E-state index contributed by atoms with van der Waals surface area (Å²) >= 11 is 1.17. The number of urea groups is 1. The van der Waals surface area contributed by atoms with Crippen molar-refractivity contribution in [2.45, 2.75) is 44.1 Å². The zero-order valence-corrected chi connectivity index (χ0v) is 15.3. The van der Waals surface area contributed by atoms with Gasteiger partial charge in [0, 0.05) is 6.54 Å². The molecule has 0 saturated heterocycles. The summed E-state index contributed by atoms with van der Waals surface area (Å²) in [4.78, 5) is 40.6. The van der Waals surface area contributed by atoms with Crippen LogP contribution in [0.2, 0.25) is 0 Å². The van der Waals surface area contributed by atoms with Gasteiger partial charge in [0.2, 0.25) is 5.91 Å². The molecule has 0 spiro atoms. The normalized spacial score (nSPS) is 12.3. The van der Waals surface area contributed by atoms with Gasteiger partial charge in [-0.3, -0.25) is 19.5 Å². The van der Waals surface area contributed by atoms with Crippen LogP contribution in [0.25, 0.3) is 10.9 Å². The first-order valence-electron chi connectivity index (χ1n) is 8.11. The highest BCUT2D eigenvalue weighted by atomic mass is 32.2. The van der Waals surface area contributed by atoms with E-state index in [1.807, 2.05) is 26.8 Å². The number of rotatable bonds is 6. The number of hydrogen-bond acceptors (Lipinski definition) is 5. The van der Waals surface area contributed by atoms with Crippen molar-refractivity contribution in [2.24, 2.45) is 11.7 Å². The Kier molecular flexibility index (Phi) is 6.19. The average Bonchev–Trinajstić information content (AvgIpc) is 2.54. The van der Waals surface area contributed by atoms with Gasteiger partial charge in [0.25, 0.3) is 5.56 Å². The van der Waals surface area contributed by atoms with Crippen molar-refractivity contribution in [3.05, 3.63) is 34.6 Å². The van der Waals surface area contributed by atoms with E-state index in [1.165, 1.54) is 11.8 Å². The highest BCUT2D eigenvalue weighted by Crippen LogP contribution is 2.27. The fourth-order valence-electron chi connectivity index (χ4n) is 2.46. The zero-order chi connectivity index (χ0) is 18.6. The zero-order valence-electron chi connectivity index (χ0n) is 14.5. The van der Waals surface area contributed by atoms with Crippen molar-refractivity contribution in [1.82, 2.24) is 14.9 Å². The monoisotopic (exact) mass is 362 g/mol. The number of aromatic nitrogens is 2. The van der Waals surface area contributed by atoms with E-state index in [0.717, 1.165) is 6.42 Å². The lowest BCUT2D eigenvalue weighted by atomic mass is 10.1. The Balaban J connectivity index is 2.50. The summed E-state index contributed by atoms with van der Waals surface area (Å²) in [6, 6.07) is 6.23. The number of amides is 3. The molecule has 1 aromatic carbocycles. The van der Waals surface area contributed by atoms with Gasteiger partial charge in [-0.15, -0.1) is 0 Å². The number of primary amides is 1. The minimum atomic E-state index is -0.895. The van der Waals surface area contributed by atoms with Crippen molar-refractivity contribution in [1.29, 1.82) is 0 Å². The smallest absolute Gasteiger partial charge is 0.318 e. The second-order valence-corrected chi connectivity index (χ2v) is 7.11. The van der Waals surface area contributed by atoms with Crippen molar-refractivity contribution in [2.75, 3.05) is 0 Å². The van der Waals surface area contributed by atoms with E-state index >= 15 is 0 Å². The van der Waals surface area contributed by atoms with Crippen LogP contribution in [0.3, 0.4) is 0 Å². The Morgan fingerprint density at radius 1 is 1.32 bits per heavy atom. The largest absolute Gasteiger partial charge is 0.351 e. The number of para-hydroxylation sites is 1. The first kappa shape index (κ1) is 19.0. The average molecular weight is 362 g/mol. The van der Waals surface area contributed by atoms with Gasteiger partial charge in [-0.05, 0) is 24.5 Å². The summed E-state index contributed by atoms with van der Waals surface area (Å²) in [5, 5.41) is 2.52. The molecule has 134 valence electrons. The standard InChI is InChI=1S/C17H22N4O3S/c1-4-9-21-15(23)11-7-5-6-8-12(11)19-17(21)25-13(10(2)3)14(22)20-16(18)24/h5-8,10,13H,4,9H2,1-3H3,(H3,18,20,22,24)/t13-/m1/s1. The van der Waals surface area contributed by atoms with Gasteiger partial charge in [0.05, 0.1) is 16.2 Å². The minimum absolute atomic E-state index is 0.0807. The molecule has 0 aliphatic carbocycles. The third-order valence-corrected chi connectivity index (χ3v) is 5.15. The molecule has 2 aromatic rings. The van der Waals surface area contributed by atoms with Crippen LogP contribution < -0.4 is 16.6 Å². The molecule has 0 unspecified atom stereocenters. The Morgan fingerprint density at radius 3 is 2.60 bits per heavy atom. The van der Waals surface area contributed by atoms with E-state index < -0.39 is 17.2 Å². The molecule has 8 heteroatoms. The lowest BCUT2D eigenvalue weighted by Gasteiger charge is -2.20. The van der Waals surface area contributed by atoms with Crippen LogP contribution in [0.5, 0.6) is 0 Å². The van der Waals surface area contributed by atoms with E-state index in [1.54, 1.807) is 22.8 Å². The number of benzene rings is 1. The number of nitrogens with two attached hydrogens (primary N) is 1. The fourth-order valence-corrected chi connectivity index (χ4v) is 3.57. The van der Waals surface area contributed by atoms with Crippen LogP contribution in [-0.2, 0) is 11.3 Å². The number of carbonyl (C=O) groups excluding carboxylic acids is 2. The van der Waals surface area contributed by atoms with Crippen LogP contribution in [-0.4, -0.2) is 26.7 Å². The molecule has 3 N–H and O–H groups in total. The number of imide groups is 1. The summed E-state index contributed by atoms with van der Waals surface area (Å²) < 4.78 is 1.58. The molecule has 25 heavy (non-hydrogen) atoms. The fraction of sp³-hybridized carbons (Fsp3) is 0.412. The lowest BCUT2D eigenvalue weighted by Crippen LogP contribution is -2.42. The van der Waals surface area contributed by atoms with E-state index in [0.29, 0.717) is 22.6 Å². The molecule has 0 fully saturated rings. The van der Waals surface area contributed by atoms with Gasteiger partial charge in [-0.2, -0.15) is 0 Å². The SMILES string of the molecule is CCCn1c(S[C@@H](C(=O)NC(N)=O)C(C)C)nc2ccccc2c1=O. The number of nitrogens with zero attached hydrogens (tertiary/aromatic N) is 2. The van der Waals surface area contributed by atoms with Crippen molar-refractivity contribution in [3.63, 3.8) is 0 Å². The minimum Gasteiger partial charge on any atom is -0.351 e. The maximum Gasteiger partial charge on any atom is 0.318 e. The van der Waals surface area contributed by atoms with Crippen molar-refractivity contribution < 1.29 is 9.59 Å². The van der Waals surface area contributed by atoms with E-state index in [4.69, 9.17) is 5.73 Å². The van der Waals surface area contributed by atoms with Gasteiger partial charge < -0.3 is 5.73 Å². The first-order valence-corrected chi connectivity index (χ1v) is 8.99. The molecule has 1 heterocycles. The number of hydrogen-bond donors (Lipinski definition) is 2. The molecular formula is C17H22N4O3S. The van der Waals surface area contributed by atoms with E-state index in [9.17, 15) is 14.4 Å². The molecule has 7 nitrogen and oxygen atoms in total. The predicted octanol–water partition coefficient (Wildman–Crippen LogP) is 2.12. The number of fused-ring (bicyclic) bond motifs is 1. The topological polar surface area (TPSA) is 107 Å². The Morgan fingerprint density at radius 2 is 2.00 bits per heavy atom. The van der Waals surface area contributed by atoms with Gasteiger partial charge >= 0.3 is 6.03 Å². The molecule has 0 aliphatic rings. The maximum atomic E-state index is 12.8. The molecule has 1 aromatic heterocycles. The van der Waals surface area contributed by atoms with Gasteiger partial charge in [0.15, 0.2) is 5.16 Å². The summed E-state index contributed by atoms with van der Waals surface area (Å²) in [5.41, 5.74) is 5.50. The molecule has 1 atom stereocenters. The number of thioether (sulfide) groups is 1. The second-order valence-electron chi connectivity index (χ2n) is 6.00. The summed E-state index contributed by atoms with van der Waals surface area (Å²) in [6.07, 6.45) is 0.757. The van der Waals surface area contributed by atoms with Gasteiger partial charge in [-0.25, -0.2) is 9.78 Å². The Labute approximate surface area is 150 Å². The summed E-state index contributed by atoms with van der Waals surface area (Å²) in [6.45, 7) is 6.19. The van der Waals surface area contributed by atoms with E-state index in [2.05, 4.69) is 10.3 Å². The molecule has 0 bridgehead atoms. The van der Waals surface area contributed by atoms with Gasteiger partial charge in [-0.1, -0.05) is 44.7 Å². The molecule has 0 saturated carbocycles. The molecule has 0 radical (unpaired) electrons. The first-order chi connectivity index (χ1) is 11.8. The van der Waals surface area contributed by atoms with Crippen molar-refractivity contribution >= 4 is 34.6 Å². The molecular weight excluding hydrogens is 340 g/mol. The number of carbonyl (C=O) groups is 2. The van der Waals surface area contributed by atoms with Crippen LogP contribution in [0, 0.1) is 5.92 Å². The third kappa shape index (κ3) is 4.39. The van der Waals surface area contributed by atoms with Crippen LogP contribution in [0.1, 0.15) is 27.2 Å².